The minimum Gasteiger partial charge on any atom is -0.363 e. The Balaban J connectivity index is 1.85. The van der Waals surface area contributed by atoms with Crippen LogP contribution in [0.25, 0.3) is 0 Å². The zero-order valence-corrected chi connectivity index (χ0v) is 16.2. The third kappa shape index (κ3) is 4.93. The molecule has 0 saturated carbocycles. The van der Waals surface area contributed by atoms with Gasteiger partial charge in [-0.25, -0.2) is 0 Å². The summed E-state index contributed by atoms with van der Waals surface area (Å²) >= 11 is 5.32. The third-order valence-corrected chi connectivity index (χ3v) is 5.17. The first-order chi connectivity index (χ1) is 12.2. The molecule has 0 amide bonds. The van der Waals surface area contributed by atoms with Gasteiger partial charge in [0.25, 0.3) is 0 Å². The van der Waals surface area contributed by atoms with Gasteiger partial charge < -0.3 is 20.4 Å². The highest BCUT2D eigenvalue weighted by atomic mass is 32.1. The molecule has 0 radical (unpaired) electrons. The van der Waals surface area contributed by atoms with Gasteiger partial charge in [0.05, 0.1) is 0 Å². The Bertz CT molecular complexity index is 587. The van der Waals surface area contributed by atoms with Gasteiger partial charge in [0, 0.05) is 38.8 Å². The lowest BCUT2D eigenvalue weighted by Crippen LogP contribution is -2.36. The van der Waals surface area contributed by atoms with Gasteiger partial charge in [-0.05, 0) is 57.2 Å². The van der Waals surface area contributed by atoms with Gasteiger partial charge in [0.2, 0.25) is 5.95 Å². The molecule has 25 heavy (non-hydrogen) atoms. The predicted octanol–water partition coefficient (Wildman–Crippen LogP) is 3.01. The zero-order chi connectivity index (χ0) is 17.6. The number of hydrogen-bond acceptors (Lipinski definition) is 5. The second-order valence-electron chi connectivity index (χ2n) is 7.13. The summed E-state index contributed by atoms with van der Waals surface area (Å²) in [7, 11) is 0. The maximum atomic E-state index is 5.32. The number of hydrogen-bond donors (Lipinski definition) is 2. The van der Waals surface area contributed by atoms with E-state index in [0.717, 1.165) is 44.4 Å². The second kappa shape index (κ2) is 8.65. The highest BCUT2D eigenvalue weighted by Crippen LogP contribution is 2.27. The number of piperidine rings is 2. The molecule has 2 aliphatic heterocycles. The van der Waals surface area contributed by atoms with Crippen LogP contribution in [0.15, 0.2) is 6.07 Å². The maximum absolute atomic E-state index is 5.32. The highest BCUT2D eigenvalue weighted by Gasteiger charge is 2.21. The highest BCUT2D eigenvalue weighted by molar-refractivity contribution is 7.80. The van der Waals surface area contributed by atoms with Crippen molar-refractivity contribution in [2.75, 3.05) is 47.8 Å². The first-order valence-electron chi connectivity index (χ1n) is 9.59. The largest absolute Gasteiger partial charge is 0.363 e. The van der Waals surface area contributed by atoms with Gasteiger partial charge in [0.1, 0.15) is 11.6 Å². The van der Waals surface area contributed by atoms with Crippen molar-refractivity contribution >= 4 is 34.9 Å². The normalized spacial score (nSPS) is 21.1. The summed E-state index contributed by atoms with van der Waals surface area (Å²) in [4.78, 5) is 14.3. The molecule has 2 fully saturated rings. The van der Waals surface area contributed by atoms with Crippen LogP contribution in [-0.4, -0.2) is 47.8 Å². The molecule has 138 valence electrons. The Morgan fingerprint density at radius 1 is 1.12 bits per heavy atom. The van der Waals surface area contributed by atoms with Crippen molar-refractivity contribution < 1.29 is 0 Å². The van der Waals surface area contributed by atoms with E-state index < -0.39 is 0 Å². The average Bonchev–Trinajstić information content (AvgIpc) is 2.62. The summed E-state index contributed by atoms with van der Waals surface area (Å²) in [5, 5.41) is 6.85. The quantitative estimate of drug-likeness (QED) is 0.799. The molecule has 2 saturated heterocycles. The molecule has 6 nitrogen and oxygen atoms in total. The fourth-order valence-corrected chi connectivity index (χ4v) is 3.86. The van der Waals surface area contributed by atoms with Crippen molar-refractivity contribution in [3.05, 3.63) is 6.07 Å². The molecule has 7 heteroatoms. The van der Waals surface area contributed by atoms with Crippen LogP contribution in [0, 0.1) is 5.92 Å². The van der Waals surface area contributed by atoms with E-state index in [0.29, 0.717) is 17.0 Å². The Morgan fingerprint density at radius 2 is 1.80 bits per heavy atom. The lowest BCUT2D eigenvalue weighted by atomic mass is 10.0. The summed E-state index contributed by atoms with van der Waals surface area (Å²) in [6.07, 6.45) is 6.31. The average molecular weight is 363 g/mol. The molecule has 0 bridgehead atoms. The Morgan fingerprint density at radius 3 is 2.48 bits per heavy atom. The number of aromatic nitrogens is 2. The van der Waals surface area contributed by atoms with Gasteiger partial charge in [0.15, 0.2) is 5.11 Å². The van der Waals surface area contributed by atoms with E-state index in [2.05, 4.69) is 33.4 Å². The van der Waals surface area contributed by atoms with Crippen molar-refractivity contribution in [2.45, 2.75) is 46.0 Å². The first kappa shape index (κ1) is 18.2. The van der Waals surface area contributed by atoms with Crippen LogP contribution in [0.2, 0.25) is 0 Å². The Kier molecular flexibility index (Phi) is 6.29. The maximum Gasteiger partial charge on any atom is 0.232 e. The molecule has 2 aliphatic rings. The molecule has 1 aromatic rings. The SMILES string of the molecule is CCNC(=S)Nc1nc(N2CCCCC2)cc(N2CCC[C@H](C)C2)n1. The lowest BCUT2D eigenvalue weighted by molar-refractivity contribution is 0.444. The Labute approximate surface area is 156 Å². The minimum atomic E-state index is 0.580. The van der Waals surface area contributed by atoms with Gasteiger partial charge in [-0.1, -0.05) is 6.92 Å². The molecule has 1 aromatic heterocycles. The van der Waals surface area contributed by atoms with Gasteiger partial charge >= 0.3 is 0 Å². The molecule has 0 aromatic carbocycles. The fraction of sp³-hybridized carbons (Fsp3) is 0.722. The van der Waals surface area contributed by atoms with Crippen LogP contribution in [-0.2, 0) is 0 Å². The monoisotopic (exact) mass is 362 g/mol. The van der Waals surface area contributed by atoms with Crippen molar-refractivity contribution in [3.63, 3.8) is 0 Å². The molecule has 3 rings (SSSR count). The van der Waals surface area contributed by atoms with Crippen LogP contribution in [0.5, 0.6) is 0 Å². The minimum absolute atomic E-state index is 0.580. The van der Waals surface area contributed by atoms with Crippen LogP contribution in [0.1, 0.15) is 46.0 Å². The summed E-state index contributed by atoms with van der Waals surface area (Å²) in [6, 6.07) is 2.16. The molecule has 2 N–H and O–H groups in total. The number of thiocarbonyl (C=S) groups is 1. The van der Waals surface area contributed by atoms with Crippen molar-refractivity contribution in [1.29, 1.82) is 0 Å². The third-order valence-electron chi connectivity index (χ3n) is 4.92. The number of anilines is 3. The summed E-state index contributed by atoms with van der Waals surface area (Å²) in [5.74, 6) is 3.34. The van der Waals surface area contributed by atoms with Crippen molar-refractivity contribution in [2.24, 2.45) is 5.92 Å². The predicted molar refractivity (Wildman–Crippen MR) is 109 cm³/mol. The second-order valence-corrected chi connectivity index (χ2v) is 7.54. The summed E-state index contributed by atoms with van der Waals surface area (Å²) in [6.45, 7) is 9.41. The van der Waals surface area contributed by atoms with Crippen LogP contribution in [0.4, 0.5) is 17.6 Å². The van der Waals surface area contributed by atoms with Crippen LogP contribution in [0.3, 0.4) is 0 Å². The number of rotatable bonds is 4. The smallest absolute Gasteiger partial charge is 0.232 e. The van der Waals surface area contributed by atoms with Crippen molar-refractivity contribution in [1.82, 2.24) is 15.3 Å². The summed E-state index contributed by atoms with van der Waals surface area (Å²) < 4.78 is 0. The lowest BCUT2D eigenvalue weighted by Gasteiger charge is -2.33. The van der Waals surface area contributed by atoms with Gasteiger partial charge in [-0.3, -0.25) is 0 Å². The van der Waals surface area contributed by atoms with Crippen LogP contribution >= 0.6 is 12.2 Å². The molecule has 0 spiro atoms. The molecular formula is C18H30N6S. The van der Waals surface area contributed by atoms with Crippen LogP contribution < -0.4 is 20.4 Å². The number of nitrogens with one attached hydrogen (secondary N) is 2. The molecule has 0 aliphatic carbocycles. The molecule has 3 heterocycles. The molecular weight excluding hydrogens is 332 g/mol. The molecule has 0 unspecified atom stereocenters. The van der Waals surface area contributed by atoms with Gasteiger partial charge in [-0.15, -0.1) is 0 Å². The number of nitrogens with zero attached hydrogens (tertiary/aromatic N) is 4. The van der Waals surface area contributed by atoms with E-state index >= 15 is 0 Å². The van der Waals surface area contributed by atoms with E-state index in [4.69, 9.17) is 22.2 Å². The first-order valence-corrected chi connectivity index (χ1v) is 10.0. The summed E-state index contributed by atoms with van der Waals surface area (Å²) in [5.41, 5.74) is 0. The van der Waals surface area contributed by atoms with E-state index in [1.807, 2.05) is 6.92 Å². The van der Waals surface area contributed by atoms with E-state index in [1.165, 1.54) is 32.1 Å². The van der Waals surface area contributed by atoms with Gasteiger partial charge in [-0.2, -0.15) is 9.97 Å². The van der Waals surface area contributed by atoms with E-state index in [1.54, 1.807) is 0 Å². The molecule has 1 atom stereocenters. The zero-order valence-electron chi connectivity index (χ0n) is 15.4. The van der Waals surface area contributed by atoms with Crippen molar-refractivity contribution in [3.8, 4) is 0 Å². The van der Waals surface area contributed by atoms with E-state index in [-0.39, 0.29) is 0 Å². The van der Waals surface area contributed by atoms with E-state index in [9.17, 15) is 0 Å². The Hall–Kier alpha value is -1.63. The fourth-order valence-electron chi connectivity index (χ4n) is 3.63. The topological polar surface area (TPSA) is 56.3 Å². The standard InChI is InChI=1S/C18H30N6S/c1-3-19-18(25)22-17-20-15(23-9-5-4-6-10-23)12-16(21-17)24-11-7-8-14(2)13-24/h12,14H,3-11,13H2,1-2H3,(H2,19,20,21,22,25)/t14-/m0/s1.